The summed E-state index contributed by atoms with van der Waals surface area (Å²) in [5.41, 5.74) is 1.40. The molecule has 136 valence electrons. The van der Waals surface area contributed by atoms with Gasteiger partial charge in [-0.2, -0.15) is 0 Å². The Balaban J connectivity index is 2.16. The van der Waals surface area contributed by atoms with Crippen molar-refractivity contribution in [3.05, 3.63) is 30.0 Å². The lowest BCUT2D eigenvalue weighted by atomic mass is 10.2. The van der Waals surface area contributed by atoms with Crippen LogP contribution in [0.2, 0.25) is 0 Å². The maximum atomic E-state index is 12.4. The van der Waals surface area contributed by atoms with Gasteiger partial charge in [0.2, 0.25) is 6.29 Å². The van der Waals surface area contributed by atoms with E-state index in [-0.39, 0.29) is 24.4 Å². The molecule has 3 N–H and O–H groups in total. The van der Waals surface area contributed by atoms with Crippen LogP contribution >= 0.6 is 0 Å². The van der Waals surface area contributed by atoms with E-state index in [0.717, 1.165) is 15.8 Å². The number of fused-ring (bicyclic) bond motifs is 1. The van der Waals surface area contributed by atoms with Gasteiger partial charge in [0.25, 0.3) is 5.91 Å². The smallest absolute Gasteiger partial charge is 0.356 e. The first-order valence-electron chi connectivity index (χ1n) is 7.85. The number of rotatable bonds is 8. The molecule has 0 fully saturated rings. The van der Waals surface area contributed by atoms with Crippen molar-refractivity contribution in [3.8, 4) is 0 Å². The summed E-state index contributed by atoms with van der Waals surface area (Å²) in [6, 6.07) is 7.35. The normalized spacial score (nSPS) is 12.4. The molecule has 0 saturated heterocycles. The summed E-state index contributed by atoms with van der Waals surface area (Å²) in [5, 5.41) is 3.57. The molecule has 0 bridgehead atoms. The number of esters is 1. The van der Waals surface area contributed by atoms with E-state index >= 15 is 0 Å². The molecule has 1 unspecified atom stereocenters. The summed E-state index contributed by atoms with van der Waals surface area (Å²) in [6.07, 6.45) is -0.383. The van der Waals surface area contributed by atoms with Crippen molar-refractivity contribution in [1.82, 2.24) is 4.98 Å². The topological polar surface area (TPSA) is 94.1 Å². The fraction of sp³-hybridized carbons (Fsp3) is 0.412. The quantitative estimate of drug-likeness (QED) is 0.461. The van der Waals surface area contributed by atoms with Crippen LogP contribution in [-0.2, 0) is 19.0 Å². The Labute approximate surface area is 146 Å². The highest BCUT2D eigenvalue weighted by Crippen LogP contribution is 2.28. The van der Waals surface area contributed by atoms with Crippen LogP contribution in [-0.4, -0.2) is 64.6 Å². The van der Waals surface area contributed by atoms with Gasteiger partial charge in [0, 0.05) is 25.1 Å². The van der Waals surface area contributed by atoms with E-state index in [0.29, 0.717) is 12.2 Å². The number of aromatic amines is 1. The lowest BCUT2D eigenvalue weighted by molar-refractivity contribution is -0.877. The number of carbonyl (C=O) groups excluding carboxylic acids is 2. The first kappa shape index (κ1) is 18.9. The van der Waals surface area contributed by atoms with Gasteiger partial charge in [0.15, 0.2) is 6.54 Å². The van der Waals surface area contributed by atoms with Crippen LogP contribution < -0.4 is 10.2 Å². The van der Waals surface area contributed by atoms with Gasteiger partial charge in [0.1, 0.15) is 12.2 Å². The first-order valence-corrected chi connectivity index (χ1v) is 7.85. The lowest BCUT2D eigenvalue weighted by Gasteiger charge is -2.19. The van der Waals surface area contributed by atoms with Crippen LogP contribution in [0.5, 0.6) is 0 Å². The van der Waals surface area contributed by atoms with Crippen LogP contribution in [0.3, 0.4) is 0 Å². The number of benzene rings is 1. The molecule has 0 aliphatic carbocycles. The molecule has 1 aromatic heterocycles. The molecule has 25 heavy (non-hydrogen) atoms. The fourth-order valence-corrected chi connectivity index (χ4v) is 2.60. The largest absolute Gasteiger partial charge is 0.464 e. The van der Waals surface area contributed by atoms with Crippen molar-refractivity contribution in [2.45, 2.75) is 6.29 Å². The molecule has 2 aromatic rings. The molecule has 0 aliphatic heterocycles. The Morgan fingerprint density at radius 3 is 2.52 bits per heavy atom. The van der Waals surface area contributed by atoms with Crippen LogP contribution in [0, 0.1) is 0 Å². The number of ether oxygens (including phenoxy) is 3. The SMILES string of the molecule is COC(=O)c1[nH]c2ccccc2c1NC(=O)C[NH+](C)CC(OC)OC. The number of hydrogen-bond donors (Lipinski definition) is 3. The maximum absolute atomic E-state index is 12.4. The highest BCUT2D eigenvalue weighted by atomic mass is 16.7. The predicted octanol–water partition coefficient (Wildman–Crippen LogP) is 0.0266. The van der Waals surface area contributed by atoms with Crippen LogP contribution in [0.4, 0.5) is 5.69 Å². The number of aromatic nitrogens is 1. The summed E-state index contributed by atoms with van der Waals surface area (Å²) in [4.78, 5) is 28.3. The standard InChI is InChI=1S/C17H23N3O5/c1-20(10-14(23-2)24-3)9-13(21)19-15-11-7-5-6-8-12(11)18-16(15)17(22)25-4/h5-8,14,18H,9-10H2,1-4H3,(H,19,21)/p+1. The van der Waals surface area contributed by atoms with Crippen molar-refractivity contribution in [1.29, 1.82) is 0 Å². The zero-order chi connectivity index (χ0) is 18.4. The van der Waals surface area contributed by atoms with Gasteiger partial charge in [-0.1, -0.05) is 18.2 Å². The fourth-order valence-electron chi connectivity index (χ4n) is 2.60. The third-order valence-electron chi connectivity index (χ3n) is 3.86. The summed E-state index contributed by atoms with van der Waals surface area (Å²) in [5.74, 6) is -0.760. The molecule has 0 saturated carbocycles. The van der Waals surface area contributed by atoms with Gasteiger partial charge in [0.05, 0.1) is 19.8 Å². The maximum Gasteiger partial charge on any atom is 0.356 e. The summed E-state index contributed by atoms with van der Waals surface area (Å²) < 4.78 is 15.1. The van der Waals surface area contributed by atoms with Crippen molar-refractivity contribution < 1.29 is 28.7 Å². The Morgan fingerprint density at radius 1 is 1.20 bits per heavy atom. The molecule has 0 spiro atoms. The van der Waals surface area contributed by atoms with Gasteiger partial charge >= 0.3 is 5.97 Å². The number of likely N-dealkylation sites (N-methyl/N-ethyl adjacent to an activating group) is 1. The highest BCUT2D eigenvalue weighted by molar-refractivity contribution is 6.11. The second-order valence-electron chi connectivity index (χ2n) is 5.70. The van der Waals surface area contributed by atoms with Crippen LogP contribution in [0.1, 0.15) is 10.5 Å². The minimum Gasteiger partial charge on any atom is -0.464 e. The van der Waals surface area contributed by atoms with E-state index in [1.807, 2.05) is 31.3 Å². The Morgan fingerprint density at radius 2 is 1.88 bits per heavy atom. The van der Waals surface area contributed by atoms with Crippen molar-refractivity contribution in [2.24, 2.45) is 0 Å². The van der Waals surface area contributed by atoms with E-state index in [4.69, 9.17) is 14.2 Å². The van der Waals surface area contributed by atoms with E-state index in [2.05, 4.69) is 10.3 Å². The number of quaternary nitrogens is 1. The monoisotopic (exact) mass is 350 g/mol. The number of para-hydroxylation sites is 1. The molecule has 8 heteroatoms. The molecular weight excluding hydrogens is 326 g/mol. The molecule has 1 atom stereocenters. The molecule has 0 radical (unpaired) electrons. The number of anilines is 1. The van der Waals surface area contributed by atoms with Crippen molar-refractivity contribution in [3.63, 3.8) is 0 Å². The zero-order valence-corrected chi connectivity index (χ0v) is 14.8. The molecule has 1 heterocycles. The minimum atomic E-state index is -0.536. The van der Waals surface area contributed by atoms with Crippen molar-refractivity contribution >= 4 is 28.5 Å². The first-order chi connectivity index (χ1) is 12.0. The van der Waals surface area contributed by atoms with Crippen LogP contribution in [0.15, 0.2) is 24.3 Å². The minimum absolute atomic E-state index is 0.198. The Kier molecular flexibility index (Phi) is 6.51. The number of nitrogens with one attached hydrogen (secondary N) is 3. The third kappa shape index (κ3) is 4.56. The number of methoxy groups -OCH3 is 3. The van der Waals surface area contributed by atoms with Gasteiger partial charge in [-0.15, -0.1) is 0 Å². The van der Waals surface area contributed by atoms with E-state index < -0.39 is 5.97 Å². The average molecular weight is 350 g/mol. The molecule has 2 rings (SSSR count). The summed E-state index contributed by atoms with van der Waals surface area (Å²) in [7, 11) is 6.26. The number of amides is 1. The Hall–Kier alpha value is -2.42. The predicted molar refractivity (Wildman–Crippen MR) is 92.7 cm³/mol. The lowest BCUT2D eigenvalue weighted by Crippen LogP contribution is -3.11. The summed E-state index contributed by atoms with van der Waals surface area (Å²) >= 11 is 0. The second kappa shape index (κ2) is 8.61. The van der Waals surface area contributed by atoms with Crippen molar-refractivity contribution in [2.75, 3.05) is 46.8 Å². The second-order valence-corrected chi connectivity index (χ2v) is 5.70. The van der Waals surface area contributed by atoms with Gasteiger partial charge in [-0.3, -0.25) is 4.79 Å². The highest BCUT2D eigenvalue weighted by Gasteiger charge is 2.22. The molecule has 8 nitrogen and oxygen atoms in total. The molecular formula is C17H24N3O5+. The third-order valence-corrected chi connectivity index (χ3v) is 3.86. The Bertz CT molecular complexity index is 739. The number of hydrogen-bond acceptors (Lipinski definition) is 5. The van der Waals surface area contributed by atoms with E-state index in [1.54, 1.807) is 14.2 Å². The zero-order valence-electron chi connectivity index (χ0n) is 14.8. The molecule has 0 aliphatic rings. The average Bonchev–Trinajstić information content (AvgIpc) is 2.97. The van der Waals surface area contributed by atoms with Crippen LogP contribution in [0.25, 0.3) is 10.9 Å². The number of H-pyrrole nitrogens is 1. The molecule has 1 amide bonds. The van der Waals surface area contributed by atoms with E-state index in [9.17, 15) is 9.59 Å². The summed E-state index contributed by atoms with van der Waals surface area (Å²) in [6.45, 7) is 0.710. The molecule has 1 aromatic carbocycles. The van der Waals surface area contributed by atoms with E-state index in [1.165, 1.54) is 7.11 Å². The van der Waals surface area contributed by atoms with Gasteiger partial charge in [-0.25, -0.2) is 4.79 Å². The van der Waals surface area contributed by atoms with Gasteiger partial charge < -0.3 is 29.4 Å². The number of carbonyl (C=O) groups is 2. The van der Waals surface area contributed by atoms with Gasteiger partial charge in [-0.05, 0) is 6.07 Å².